The van der Waals surface area contributed by atoms with E-state index in [1.165, 1.54) is 257 Å². The Morgan fingerprint density at radius 1 is 0.354 bits per heavy atom. The van der Waals surface area contributed by atoms with Crippen LogP contribution in [0.4, 0.5) is 0 Å². The summed E-state index contributed by atoms with van der Waals surface area (Å²) in [6.07, 6.45) is 78.6. The first kappa shape index (κ1) is 63.4. The number of hydrogen-bond donors (Lipinski definition) is 3. The fourth-order valence-corrected chi connectivity index (χ4v) is 9.03. The maximum atomic E-state index is 12.5. The van der Waals surface area contributed by atoms with Crippen molar-refractivity contribution in [2.24, 2.45) is 0 Å². The zero-order valence-corrected chi connectivity index (χ0v) is 44.0. The number of carbonyl (C=O) groups excluding carboxylic acids is 1. The molecule has 0 fully saturated rings. The Kier molecular flexibility index (Phi) is 55.2. The van der Waals surface area contributed by atoms with Gasteiger partial charge >= 0.3 is 0 Å². The third kappa shape index (κ3) is 53.2. The van der Waals surface area contributed by atoms with E-state index in [-0.39, 0.29) is 12.5 Å². The van der Waals surface area contributed by atoms with Gasteiger partial charge in [0.05, 0.1) is 18.8 Å². The molecule has 0 rings (SSSR count). The van der Waals surface area contributed by atoms with Gasteiger partial charge in [-0.25, -0.2) is 0 Å². The topological polar surface area (TPSA) is 69.6 Å². The number of hydrogen-bond acceptors (Lipinski definition) is 3. The maximum Gasteiger partial charge on any atom is 0.220 e. The standard InChI is InChI=1S/C61H115NO3/c1-3-5-7-9-11-13-15-17-19-21-23-25-26-27-28-29-30-31-32-33-34-35-37-38-40-42-44-46-48-50-52-54-56-60(64)59(58-63)62-61(65)57-55-53-51-49-47-45-43-41-39-36-24-22-20-18-16-14-12-10-8-6-4-2/h22,24,38,40,46,48,54,56,59-60,63-64H,3-21,23,25-37,39,41-45,47,49-53,55,57-58H2,1-2H3,(H,62,65)/b24-22-,40-38+,48-46+,56-54+. The first-order valence-electron chi connectivity index (χ1n) is 29.4. The Bertz CT molecular complexity index is 1030. The lowest BCUT2D eigenvalue weighted by Gasteiger charge is -2.19. The van der Waals surface area contributed by atoms with Gasteiger partial charge in [0.15, 0.2) is 0 Å². The molecule has 0 saturated heterocycles. The molecule has 2 atom stereocenters. The molecule has 1 amide bonds. The minimum atomic E-state index is -0.873. The average molecular weight is 911 g/mol. The highest BCUT2D eigenvalue weighted by atomic mass is 16.3. The summed E-state index contributed by atoms with van der Waals surface area (Å²) < 4.78 is 0. The summed E-state index contributed by atoms with van der Waals surface area (Å²) in [7, 11) is 0. The van der Waals surface area contributed by atoms with E-state index in [2.05, 4.69) is 55.6 Å². The summed E-state index contributed by atoms with van der Waals surface area (Å²) in [4.78, 5) is 12.5. The Morgan fingerprint density at radius 2 is 0.600 bits per heavy atom. The molecular formula is C61H115NO3. The van der Waals surface area contributed by atoms with Gasteiger partial charge in [0.25, 0.3) is 0 Å². The summed E-state index contributed by atoms with van der Waals surface area (Å²) in [6, 6.07) is -0.648. The van der Waals surface area contributed by atoms with Gasteiger partial charge in [-0.05, 0) is 70.6 Å². The van der Waals surface area contributed by atoms with Crippen LogP contribution in [0.2, 0.25) is 0 Å². The fourth-order valence-electron chi connectivity index (χ4n) is 9.03. The smallest absolute Gasteiger partial charge is 0.220 e. The van der Waals surface area contributed by atoms with E-state index in [1.807, 2.05) is 6.08 Å². The molecule has 4 nitrogen and oxygen atoms in total. The van der Waals surface area contributed by atoms with E-state index in [9.17, 15) is 15.0 Å². The van der Waals surface area contributed by atoms with Crippen molar-refractivity contribution in [1.82, 2.24) is 5.32 Å². The molecule has 0 heterocycles. The van der Waals surface area contributed by atoms with Crippen molar-refractivity contribution < 1.29 is 15.0 Å². The number of nitrogens with one attached hydrogen (secondary N) is 1. The van der Waals surface area contributed by atoms with Crippen LogP contribution < -0.4 is 5.32 Å². The first-order valence-corrected chi connectivity index (χ1v) is 29.4. The van der Waals surface area contributed by atoms with E-state index in [0.29, 0.717) is 6.42 Å². The van der Waals surface area contributed by atoms with Gasteiger partial charge in [-0.15, -0.1) is 0 Å². The molecule has 0 saturated carbocycles. The quantitative estimate of drug-likeness (QED) is 0.0421. The van der Waals surface area contributed by atoms with Gasteiger partial charge in [-0.1, -0.05) is 287 Å². The molecule has 2 unspecified atom stereocenters. The van der Waals surface area contributed by atoms with E-state index < -0.39 is 12.1 Å². The summed E-state index contributed by atoms with van der Waals surface area (Å²) >= 11 is 0. The molecule has 0 aromatic carbocycles. The van der Waals surface area contributed by atoms with Crippen LogP contribution in [0.25, 0.3) is 0 Å². The lowest BCUT2D eigenvalue weighted by Crippen LogP contribution is -2.45. The second-order valence-electron chi connectivity index (χ2n) is 20.0. The molecule has 65 heavy (non-hydrogen) atoms. The molecule has 0 aliphatic carbocycles. The molecule has 0 aliphatic heterocycles. The van der Waals surface area contributed by atoms with Crippen LogP contribution in [-0.4, -0.2) is 34.9 Å². The van der Waals surface area contributed by atoms with Crippen molar-refractivity contribution in [3.8, 4) is 0 Å². The summed E-state index contributed by atoms with van der Waals surface area (Å²) in [5.74, 6) is -0.0774. The lowest BCUT2D eigenvalue weighted by molar-refractivity contribution is -0.123. The highest BCUT2D eigenvalue weighted by Gasteiger charge is 2.18. The molecule has 0 aromatic heterocycles. The molecular weight excluding hydrogens is 795 g/mol. The number of aliphatic hydroxyl groups excluding tert-OH is 2. The van der Waals surface area contributed by atoms with E-state index in [4.69, 9.17) is 0 Å². The maximum absolute atomic E-state index is 12.5. The monoisotopic (exact) mass is 910 g/mol. The van der Waals surface area contributed by atoms with Gasteiger partial charge in [0.2, 0.25) is 5.91 Å². The number of aliphatic hydroxyl groups is 2. The average Bonchev–Trinajstić information content (AvgIpc) is 3.31. The van der Waals surface area contributed by atoms with Crippen LogP contribution in [-0.2, 0) is 4.79 Å². The van der Waals surface area contributed by atoms with Crippen molar-refractivity contribution in [3.63, 3.8) is 0 Å². The number of allylic oxidation sites excluding steroid dienone is 7. The molecule has 0 radical (unpaired) electrons. The predicted molar refractivity (Wildman–Crippen MR) is 290 cm³/mol. The van der Waals surface area contributed by atoms with E-state index in [0.717, 1.165) is 38.5 Å². The van der Waals surface area contributed by atoms with Gasteiger partial charge in [-0.2, -0.15) is 0 Å². The predicted octanol–water partition coefficient (Wildman–Crippen LogP) is 19.4. The van der Waals surface area contributed by atoms with Crippen molar-refractivity contribution in [1.29, 1.82) is 0 Å². The van der Waals surface area contributed by atoms with Crippen LogP contribution in [0, 0.1) is 0 Å². The number of rotatable bonds is 54. The van der Waals surface area contributed by atoms with Crippen molar-refractivity contribution in [2.45, 2.75) is 328 Å². The Balaban J connectivity index is 3.53. The van der Waals surface area contributed by atoms with Crippen LogP contribution in [0.5, 0.6) is 0 Å². The lowest BCUT2D eigenvalue weighted by atomic mass is 10.0. The molecule has 4 heteroatoms. The normalized spacial score (nSPS) is 13.1. The third-order valence-corrected chi connectivity index (χ3v) is 13.5. The van der Waals surface area contributed by atoms with Gasteiger partial charge in [0.1, 0.15) is 0 Å². The summed E-state index contributed by atoms with van der Waals surface area (Å²) in [6.45, 7) is 4.32. The zero-order chi connectivity index (χ0) is 47.0. The second-order valence-corrected chi connectivity index (χ2v) is 20.0. The molecule has 0 bridgehead atoms. The molecule has 0 aromatic rings. The van der Waals surface area contributed by atoms with Crippen LogP contribution in [0.1, 0.15) is 316 Å². The molecule has 3 N–H and O–H groups in total. The zero-order valence-electron chi connectivity index (χ0n) is 44.0. The van der Waals surface area contributed by atoms with Crippen LogP contribution in [0.15, 0.2) is 48.6 Å². The first-order chi connectivity index (χ1) is 32.2. The summed E-state index contributed by atoms with van der Waals surface area (Å²) in [5, 5.41) is 23.1. The minimum absolute atomic E-state index is 0.0774. The van der Waals surface area contributed by atoms with Crippen molar-refractivity contribution in [2.75, 3.05) is 6.61 Å². The number of carbonyl (C=O) groups is 1. The largest absolute Gasteiger partial charge is 0.394 e. The summed E-state index contributed by atoms with van der Waals surface area (Å²) in [5.41, 5.74) is 0. The highest BCUT2D eigenvalue weighted by molar-refractivity contribution is 5.76. The fraction of sp³-hybridized carbons (Fsp3) is 0.852. The van der Waals surface area contributed by atoms with E-state index in [1.54, 1.807) is 6.08 Å². The Hall–Kier alpha value is -1.65. The second kappa shape index (κ2) is 56.7. The number of unbranched alkanes of at least 4 members (excludes halogenated alkanes) is 41. The van der Waals surface area contributed by atoms with Gasteiger partial charge in [-0.3, -0.25) is 4.79 Å². The molecule has 0 spiro atoms. The minimum Gasteiger partial charge on any atom is -0.394 e. The molecule has 0 aliphatic rings. The Morgan fingerprint density at radius 3 is 0.892 bits per heavy atom. The van der Waals surface area contributed by atoms with Gasteiger partial charge in [0, 0.05) is 6.42 Å². The SMILES string of the molecule is CCCCCCCCCC/C=C\CCCCCCCCCCCC(=O)NC(CO)C(O)/C=C/CC/C=C/CC/C=C/CCCCCCCCCCCCCCCCCCCCCCCC. The van der Waals surface area contributed by atoms with E-state index >= 15 is 0 Å². The number of amides is 1. The highest BCUT2D eigenvalue weighted by Crippen LogP contribution is 2.17. The van der Waals surface area contributed by atoms with Crippen LogP contribution in [0.3, 0.4) is 0 Å². The molecule has 382 valence electrons. The van der Waals surface area contributed by atoms with Gasteiger partial charge < -0.3 is 15.5 Å². The Labute approximate surface area is 407 Å². The van der Waals surface area contributed by atoms with Crippen molar-refractivity contribution >= 4 is 5.91 Å². The third-order valence-electron chi connectivity index (χ3n) is 13.5. The van der Waals surface area contributed by atoms with Crippen molar-refractivity contribution in [3.05, 3.63) is 48.6 Å². The van der Waals surface area contributed by atoms with Crippen LogP contribution >= 0.6 is 0 Å².